The maximum absolute atomic E-state index is 5.71. The molecule has 1 nitrogen and oxygen atoms in total. The summed E-state index contributed by atoms with van der Waals surface area (Å²) in [6, 6.07) is 10.1. The van der Waals surface area contributed by atoms with Crippen molar-refractivity contribution in [3.63, 3.8) is 0 Å². The Labute approximate surface area is 106 Å². The summed E-state index contributed by atoms with van der Waals surface area (Å²) in [5.74, 6) is 1.000. The van der Waals surface area contributed by atoms with E-state index in [1.165, 1.54) is 9.77 Å². The molecule has 1 aromatic heterocycles. The van der Waals surface area contributed by atoms with Gasteiger partial charge in [0.2, 0.25) is 0 Å². The lowest BCUT2D eigenvalue weighted by atomic mass is 10.3. The topological polar surface area (TPSA) is 26.0 Å². The van der Waals surface area contributed by atoms with Crippen LogP contribution in [0.1, 0.15) is 4.88 Å². The summed E-state index contributed by atoms with van der Waals surface area (Å²) >= 11 is 7.04. The van der Waals surface area contributed by atoms with Gasteiger partial charge in [0.25, 0.3) is 0 Å². The first kappa shape index (κ1) is 11.0. The summed E-state index contributed by atoms with van der Waals surface area (Å²) < 4.78 is 1.16. The fraction of sp³-hybridized carbons (Fsp3) is 0.0909. The third-order valence-electron chi connectivity index (χ3n) is 1.86. The molecule has 4 heteroatoms. The largest absolute Gasteiger partial charge is 0.399 e. The molecule has 0 amide bonds. The average Bonchev–Trinajstić information content (AvgIpc) is 2.62. The average molecular weight is 300 g/mol. The molecule has 0 bridgehead atoms. The van der Waals surface area contributed by atoms with Crippen molar-refractivity contribution in [2.45, 2.75) is 10.6 Å². The second-order valence-corrected chi connectivity index (χ2v) is 6.05. The highest BCUT2D eigenvalue weighted by molar-refractivity contribution is 9.10. The van der Waals surface area contributed by atoms with Crippen molar-refractivity contribution >= 4 is 44.7 Å². The van der Waals surface area contributed by atoms with Crippen LogP contribution in [0.2, 0.25) is 0 Å². The SMILES string of the molecule is Nc1cccc(SCc2cc(Br)cs2)c1. The zero-order chi connectivity index (χ0) is 10.7. The Morgan fingerprint density at radius 2 is 2.20 bits per heavy atom. The number of hydrogen-bond donors (Lipinski definition) is 1. The second kappa shape index (κ2) is 5.05. The van der Waals surface area contributed by atoms with Crippen LogP contribution in [0.25, 0.3) is 0 Å². The molecule has 0 aliphatic carbocycles. The molecule has 0 unspecified atom stereocenters. The summed E-state index contributed by atoms with van der Waals surface area (Å²) in [6.07, 6.45) is 0. The number of halogens is 1. The molecule has 0 aliphatic heterocycles. The number of rotatable bonds is 3. The molecule has 0 radical (unpaired) electrons. The maximum Gasteiger partial charge on any atom is 0.0326 e. The van der Waals surface area contributed by atoms with Gasteiger partial charge in [-0.25, -0.2) is 0 Å². The van der Waals surface area contributed by atoms with Gasteiger partial charge in [-0.2, -0.15) is 0 Å². The third kappa shape index (κ3) is 3.26. The number of benzene rings is 1. The summed E-state index contributed by atoms with van der Waals surface area (Å²) in [7, 11) is 0. The Morgan fingerprint density at radius 1 is 1.33 bits per heavy atom. The van der Waals surface area contributed by atoms with E-state index in [4.69, 9.17) is 5.73 Å². The van der Waals surface area contributed by atoms with Gasteiger partial charge >= 0.3 is 0 Å². The van der Waals surface area contributed by atoms with Crippen molar-refractivity contribution in [2.24, 2.45) is 0 Å². The lowest BCUT2D eigenvalue weighted by Gasteiger charge is -2.00. The van der Waals surface area contributed by atoms with Crippen molar-refractivity contribution in [3.05, 3.63) is 45.1 Å². The molecular weight excluding hydrogens is 290 g/mol. The van der Waals surface area contributed by atoms with Crippen molar-refractivity contribution < 1.29 is 0 Å². The van der Waals surface area contributed by atoms with Crippen LogP contribution >= 0.6 is 39.0 Å². The van der Waals surface area contributed by atoms with Crippen LogP contribution in [0.5, 0.6) is 0 Å². The summed E-state index contributed by atoms with van der Waals surface area (Å²) in [6.45, 7) is 0. The third-order valence-corrected chi connectivity index (χ3v) is 4.78. The van der Waals surface area contributed by atoms with Crippen LogP contribution in [-0.2, 0) is 5.75 Å². The minimum absolute atomic E-state index is 0.826. The van der Waals surface area contributed by atoms with Gasteiger partial charge < -0.3 is 5.73 Å². The molecule has 2 aromatic rings. The zero-order valence-corrected chi connectivity index (χ0v) is 11.2. The lowest BCUT2D eigenvalue weighted by Crippen LogP contribution is -1.83. The Morgan fingerprint density at radius 3 is 2.87 bits per heavy atom. The highest BCUT2D eigenvalue weighted by Gasteiger charge is 1.99. The van der Waals surface area contributed by atoms with E-state index in [9.17, 15) is 0 Å². The van der Waals surface area contributed by atoms with Crippen LogP contribution in [0.3, 0.4) is 0 Å². The van der Waals surface area contributed by atoms with Crippen molar-refractivity contribution in [1.82, 2.24) is 0 Å². The molecule has 0 atom stereocenters. The van der Waals surface area contributed by atoms with Gasteiger partial charge in [-0.15, -0.1) is 23.1 Å². The predicted octanol–water partition coefficient (Wildman–Crippen LogP) is 4.39. The van der Waals surface area contributed by atoms with E-state index in [0.29, 0.717) is 0 Å². The van der Waals surface area contributed by atoms with E-state index in [0.717, 1.165) is 15.9 Å². The molecule has 1 heterocycles. The van der Waals surface area contributed by atoms with Crippen LogP contribution in [-0.4, -0.2) is 0 Å². The number of anilines is 1. The van der Waals surface area contributed by atoms with Crippen LogP contribution < -0.4 is 5.73 Å². The molecule has 0 saturated heterocycles. The normalized spacial score (nSPS) is 10.5. The van der Waals surface area contributed by atoms with Gasteiger partial charge in [0.05, 0.1) is 0 Å². The number of hydrogen-bond acceptors (Lipinski definition) is 3. The van der Waals surface area contributed by atoms with Gasteiger partial charge in [-0.1, -0.05) is 6.07 Å². The minimum Gasteiger partial charge on any atom is -0.399 e. The molecule has 1 aromatic carbocycles. The van der Waals surface area contributed by atoms with Crippen LogP contribution in [0.4, 0.5) is 5.69 Å². The highest BCUT2D eigenvalue weighted by atomic mass is 79.9. The Balaban J connectivity index is 1.99. The summed E-state index contributed by atoms with van der Waals surface area (Å²) in [4.78, 5) is 2.59. The molecule has 15 heavy (non-hydrogen) atoms. The van der Waals surface area contributed by atoms with Gasteiger partial charge in [0.1, 0.15) is 0 Å². The standard InChI is InChI=1S/C11H10BrNS2/c12-8-4-11(14-6-8)7-15-10-3-1-2-9(13)5-10/h1-6H,7,13H2. The van der Waals surface area contributed by atoms with E-state index < -0.39 is 0 Å². The van der Waals surface area contributed by atoms with Crippen LogP contribution in [0, 0.1) is 0 Å². The summed E-state index contributed by atoms with van der Waals surface area (Å²) in [5.41, 5.74) is 6.54. The van der Waals surface area contributed by atoms with E-state index >= 15 is 0 Å². The van der Waals surface area contributed by atoms with E-state index in [1.807, 2.05) is 30.0 Å². The molecule has 2 N–H and O–H groups in total. The van der Waals surface area contributed by atoms with Gasteiger partial charge in [0, 0.05) is 31.1 Å². The molecule has 78 valence electrons. The first-order valence-corrected chi connectivity index (χ1v) is 7.11. The van der Waals surface area contributed by atoms with Crippen molar-refractivity contribution in [2.75, 3.05) is 5.73 Å². The Bertz CT molecular complexity index is 453. The fourth-order valence-corrected chi connectivity index (χ4v) is 3.66. The van der Waals surface area contributed by atoms with E-state index in [2.05, 4.69) is 33.4 Å². The summed E-state index contributed by atoms with van der Waals surface area (Å²) in [5, 5.41) is 2.11. The predicted molar refractivity (Wildman–Crippen MR) is 72.4 cm³/mol. The zero-order valence-electron chi connectivity index (χ0n) is 7.94. The number of nitrogen functional groups attached to an aromatic ring is 1. The van der Waals surface area contributed by atoms with E-state index in [1.54, 1.807) is 11.3 Å². The molecule has 0 spiro atoms. The minimum atomic E-state index is 0.826. The molecule has 0 saturated carbocycles. The van der Waals surface area contributed by atoms with Gasteiger partial charge in [-0.3, -0.25) is 0 Å². The first-order valence-electron chi connectivity index (χ1n) is 4.45. The maximum atomic E-state index is 5.71. The van der Waals surface area contributed by atoms with Crippen LogP contribution in [0.15, 0.2) is 45.1 Å². The monoisotopic (exact) mass is 299 g/mol. The van der Waals surface area contributed by atoms with Gasteiger partial charge in [0.15, 0.2) is 0 Å². The molecule has 0 aliphatic rings. The molecular formula is C11H10BrNS2. The molecule has 0 fully saturated rings. The number of thiophene rings is 1. The van der Waals surface area contributed by atoms with E-state index in [-0.39, 0.29) is 0 Å². The van der Waals surface area contributed by atoms with Crippen molar-refractivity contribution in [1.29, 1.82) is 0 Å². The smallest absolute Gasteiger partial charge is 0.0326 e. The number of thioether (sulfide) groups is 1. The Kier molecular flexibility index (Phi) is 3.72. The lowest BCUT2D eigenvalue weighted by molar-refractivity contribution is 1.43. The van der Waals surface area contributed by atoms with Crippen molar-refractivity contribution in [3.8, 4) is 0 Å². The van der Waals surface area contributed by atoms with Gasteiger partial charge in [-0.05, 0) is 40.2 Å². The highest BCUT2D eigenvalue weighted by Crippen LogP contribution is 2.28. The fourth-order valence-electron chi connectivity index (χ4n) is 1.19. The quantitative estimate of drug-likeness (QED) is 0.672. The first-order chi connectivity index (χ1) is 7.24. The molecule has 2 rings (SSSR count). The second-order valence-electron chi connectivity index (χ2n) is 3.09. The Hall–Kier alpha value is -0.450. The number of nitrogens with two attached hydrogens (primary N) is 1.